The molecule has 0 radical (unpaired) electrons. The Morgan fingerprint density at radius 2 is 1.55 bits per heavy atom. The molecule has 0 aromatic heterocycles. The van der Waals surface area contributed by atoms with Crippen LogP contribution in [0.2, 0.25) is 0 Å². The monoisotopic (exact) mass is 311 g/mol. The van der Waals surface area contributed by atoms with Gasteiger partial charge >= 0.3 is 0 Å². The molecule has 0 atom stereocenters. The average Bonchev–Trinajstić information content (AvgIpc) is 2.57. The number of benzene rings is 2. The van der Waals surface area contributed by atoms with Crippen LogP contribution < -0.4 is 4.74 Å². The molecule has 22 heavy (non-hydrogen) atoms. The standard InChI is InChI=1S/C20H23OS/c1-3-5-6-11-16(4-2)22-19-14-9-7-12-17(19)21-18-13-8-10-15-20(18)22/h7-15H,3-6H2,1-2H3/q+1/b16-11-. The van der Waals surface area contributed by atoms with Crippen molar-refractivity contribution in [2.24, 2.45) is 0 Å². The van der Waals surface area contributed by atoms with Gasteiger partial charge in [0.25, 0.3) is 0 Å². The SMILES string of the molecule is CCCC/C=C(/CC)[S+]1c2ccccc2Oc2ccccc21. The summed E-state index contributed by atoms with van der Waals surface area (Å²) in [5.74, 6) is 2.03. The molecule has 0 N–H and O–H groups in total. The first-order chi connectivity index (χ1) is 10.8. The van der Waals surface area contributed by atoms with Crippen molar-refractivity contribution in [2.45, 2.75) is 49.3 Å². The van der Waals surface area contributed by atoms with Crippen LogP contribution >= 0.6 is 0 Å². The summed E-state index contributed by atoms with van der Waals surface area (Å²) in [4.78, 5) is 4.19. The summed E-state index contributed by atoms with van der Waals surface area (Å²) in [6.45, 7) is 4.52. The molecular formula is C20H23OS+. The van der Waals surface area contributed by atoms with E-state index in [4.69, 9.17) is 4.74 Å². The van der Waals surface area contributed by atoms with Gasteiger partial charge in [-0.1, -0.05) is 44.5 Å². The molecule has 3 rings (SSSR count). The maximum absolute atomic E-state index is 6.11. The largest absolute Gasteiger partial charge is 0.447 e. The van der Waals surface area contributed by atoms with Crippen LogP contribution in [0.3, 0.4) is 0 Å². The lowest BCUT2D eigenvalue weighted by Crippen LogP contribution is -2.13. The van der Waals surface area contributed by atoms with Gasteiger partial charge in [0.2, 0.25) is 9.79 Å². The van der Waals surface area contributed by atoms with Crippen LogP contribution in [0.25, 0.3) is 0 Å². The summed E-state index contributed by atoms with van der Waals surface area (Å²) in [5.41, 5.74) is 0. The van der Waals surface area contributed by atoms with E-state index in [0.29, 0.717) is 0 Å². The van der Waals surface area contributed by atoms with E-state index in [9.17, 15) is 0 Å². The summed E-state index contributed by atoms with van der Waals surface area (Å²) >= 11 is 0. The summed E-state index contributed by atoms with van der Waals surface area (Å²) in [6.07, 6.45) is 7.24. The first-order valence-corrected chi connectivity index (χ1v) is 9.36. The van der Waals surface area contributed by atoms with Crippen LogP contribution in [-0.2, 0) is 10.9 Å². The Balaban J connectivity index is 2.07. The molecule has 1 aliphatic rings. The molecule has 1 heterocycles. The first kappa shape index (κ1) is 15.2. The van der Waals surface area contributed by atoms with Gasteiger partial charge in [0, 0.05) is 6.42 Å². The van der Waals surface area contributed by atoms with Crippen LogP contribution in [0.1, 0.15) is 39.5 Å². The molecule has 0 spiro atoms. The topological polar surface area (TPSA) is 9.23 Å². The second-order valence-electron chi connectivity index (χ2n) is 5.47. The van der Waals surface area contributed by atoms with E-state index >= 15 is 0 Å². The molecule has 2 heteroatoms. The van der Waals surface area contributed by atoms with Gasteiger partial charge in [0.05, 0.1) is 0 Å². The van der Waals surface area contributed by atoms with Gasteiger partial charge in [-0.25, -0.2) is 0 Å². The van der Waals surface area contributed by atoms with Crippen molar-refractivity contribution in [3.8, 4) is 11.5 Å². The number of hydrogen-bond donors (Lipinski definition) is 0. The van der Waals surface area contributed by atoms with Gasteiger partial charge in [-0.3, -0.25) is 0 Å². The summed E-state index contributed by atoms with van der Waals surface area (Å²) < 4.78 is 6.11. The summed E-state index contributed by atoms with van der Waals surface area (Å²) in [6, 6.07) is 17.0. The van der Waals surface area contributed by atoms with E-state index in [2.05, 4.69) is 68.5 Å². The highest BCUT2D eigenvalue weighted by atomic mass is 32.2. The van der Waals surface area contributed by atoms with E-state index in [0.717, 1.165) is 17.9 Å². The van der Waals surface area contributed by atoms with E-state index < -0.39 is 0 Å². The highest BCUT2D eigenvalue weighted by molar-refractivity contribution is 8.00. The summed E-state index contributed by atoms with van der Waals surface area (Å²) in [7, 11) is 0.000300. The van der Waals surface area contributed by atoms with Crippen LogP contribution in [0.5, 0.6) is 11.5 Å². The Morgan fingerprint density at radius 3 is 2.09 bits per heavy atom. The fraction of sp³-hybridized carbons (Fsp3) is 0.300. The third kappa shape index (κ3) is 2.93. The van der Waals surface area contributed by atoms with Gasteiger partial charge in [0.1, 0.15) is 15.8 Å². The van der Waals surface area contributed by atoms with Crippen LogP contribution in [0.15, 0.2) is 69.3 Å². The Bertz CT molecular complexity index is 629. The van der Waals surface area contributed by atoms with Crippen LogP contribution in [0.4, 0.5) is 0 Å². The molecule has 0 saturated carbocycles. The number of allylic oxidation sites excluding steroid dienone is 2. The Labute approximate surface area is 136 Å². The minimum atomic E-state index is 0.000300. The van der Waals surface area contributed by atoms with Crippen molar-refractivity contribution in [1.29, 1.82) is 0 Å². The second kappa shape index (κ2) is 7.06. The molecule has 0 fully saturated rings. The first-order valence-electron chi connectivity index (χ1n) is 8.14. The van der Waals surface area contributed by atoms with E-state index in [1.807, 2.05) is 0 Å². The second-order valence-corrected chi connectivity index (χ2v) is 7.48. The number of hydrogen-bond acceptors (Lipinski definition) is 1. The molecule has 0 bridgehead atoms. The van der Waals surface area contributed by atoms with Gasteiger partial charge in [-0.2, -0.15) is 0 Å². The molecule has 2 aromatic carbocycles. The van der Waals surface area contributed by atoms with Gasteiger partial charge in [-0.05, 0) is 43.2 Å². The minimum absolute atomic E-state index is 0.000300. The predicted molar refractivity (Wildman–Crippen MR) is 94.8 cm³/mol. The number of ether oxygens (including phenoxy) is 1. The van der Waals surface area contributed by atoms with Crippen molar-refractivity contribution in [3.05, 3.63) is 59.5 Å². The highest BCUT2D eigenvalue weighted by Crippen LogP contribution is 2.47. The number of para-hydroxylation sites is 2. The fourth-order valence-electron chi connectivity index (χ4n) is 2.76. The lowest BCUT2D eigenvalue weighted by atomic mass is 10.2. The molecule has 0 amide bonds. The normalized spacial score (nSPS) is 14.2. The Hall–Kier alpha value is -1.67. The minimum Gasteiger partial charge on any atom is -0.447 e. The van der Waals surface area contributed by atoms with Gasteiger partial charge < -0.3 is 4.74 Å². The maximum Gasteiger partial charge on any atom is 0.208 e. The van der Waals surface area contributed by atoms with Crippen molar-refractivity contribution >= 4 is 10.9 Å². The van der Waals surface area contributed by atoms with Crippen molar-refractivity contribution in [3.63, 3.8) is 0 Å². The third-order valence-electron chi connectivity index (χ3n) is 3.90. The lowest BCUT2D eigenvalue weighted by molar-refractivity contribution is 0.453. The zero-order valence-corrected chi connectivity index (χ0v) is 14.2. The molecular weight excluding hydrogens is 288 g/mol. The van der Waals surface area contributed by atoms with E-state index in [-0.39, 0.29) is 10.9 Å². The summed E-state index contributed by atoms with van der Waals surface area (Å²) in [5, 5.41) is 0. The fourth-order valence-corrected chi connectivity index (χ4v) is 5.19. The molecule has 0 aliphatic carbocycles. The zero-order chi connectivity index (χ0) is 15.4. The number of fused-ring (bicyclic) bond motifs is 2. The van der Waals surface area contributed by atoms with Crippen molar-refractivity contribution in [2.75, 3.05) is 0 Å². The molecule has 114 valence electrons. The van der Waals surface area contributed by atoms with Crippen LogP contribution in [0, 0.1) is 0 Å². The van der Waals surface area contributed by atoms with Gasteiger partial charge in [-0.15, -0.1) is 0 Å². The number of unbranched alkanes of at least 4 members (excludes halogenated alkanes) is 2. The average molecular weight is 311 g/mol. The smallest absolute Gasteiger partial charge is 0.208 e. The quantitative estimate of drug-likeness (QED) is 0.464. The van der Waals surface area contributed by atoms with Crippen molar-refractivity contribution in [1.82, 2.24) is 0 Å². The van der Waals surface area contributed by atoms with E-state index in [1.165, 1.54) is 34.0 Å². The molecule has 2 aromatic rings. The number of rotatable bonds is 5. The lowest BCUT2D eigenvalue weighted by Gasteiger charge is -2.20. The molecule has 0 saturated heterocycles. The predicted octanol–water partition coefficient (Wildman–Crippen LogP) is 6.31. The highest BCUT2D eigenvalue weighted by Gasteiger charge is 2.39. The van der Waals surface area contributed by atoms with E-state index in [1.54, 1.807) is 0 Å². The third-order valence-corrected chi connectivity index (χ3v) is 6.43. The Kier molecular flexibility index (Phi) is 4.89. The van der Waals surface area contributed by atoms with Crippen molar-refractivity contribution < 1.29 is 4.74 Å². The Morgan fingerprint density at radius 1 is 0.955 bits per heavy atom. The van der Waals surface area contributed by atoms with Crippen LogP contribution in [-0.4, -0.2) is 0 Å². The maximum atomic E-state index is 6.11. The zero-order valence-electron chi connectivity index (χ0n) is 13.3. The molecule has 1 aliphatic heterocycles. The van der Waals surface area contributed by atoms with Gasteiger partial charge in [0.15, 0.2) is 11.5 Å². The molecule has 0 unspecified atom stereocenters. The molecule has 1 nitrogen and oxygen atoms in total.